The molecule has 1 unspecified atom stereocenters. The highest BCUT2D eigenvalue weighted by molar-refractivity contribution is 7.91. The van der Waals surface area contributed by atoms with E-state index in [9.17, 15) is 13.2 Å². The zero-order chi connectivity index (χ0) is 14.0. The number of carboxylic acids is 1. The fraction of sp³-hybridized carbons (Fsp3) is 0.538. The number of rotatable bonds is 6. The monoisotopic (exact) mass is 283 g/mol. The minimum Gasteiger partial charge on any atom is -0.481 e. The zero-order valence-corrected chi connectivity index (χ0v) is 11.6. The first-order valence-corrected chi connectivity index (χ1v) is 8.05. The third-order valence-corrected chi connectivity index (χ3v) is 5.46. The largest absolute Gasteiger partial charge is 0.481 e. The molecule has 1 aliphatic rings. The van der Waals surface area contributed by atoms with Crippen LogP contribution in [0.15, 0.2) is 18.2 Å². The maximum Gasteiger partial charge on any atom is 0.312 e. The summed E-state index contributed by atoms with van der Waals surface area (Å²) < 4.78 is 23.8. The minimum absolute atomic E-state index is 0.0957. The third-order valence-electron chi connectivity index (χ3n) is 3.27. The molecule has 0 amide bonds. The number of carbonyl (C=O) groups is 1. The molecule has 0 saturated heterocycles. The van der Waals surface area contributed by atoms with Crippen LogP contribution in [0.1, 0.15) is 43.5 Å². The zero-order valence-electron chi connectivity index (χ0n) is 10.7. The van der Waals surface area contributed by atoms with Gasteiger partial charge in [-0.2, -0.15) is 0 Å². The molecule has 1 heterocycles. The van der Waals surface area contributed by atoms with Crippen molar-refractivity contribution in [3.05, 3.63) is 29.6 Å². The van der Waals surface area contributed by atoms with Crippen molar-refractivity contribution in [2.75, 3.05) is 0 Å². The first-order chi connectivity index (χ1) is 8.94. The van der Waals surface area contributed by atoms with Gasteiger partial charge in [0.15, 0.2) is 9.84 Å². The lowest BCUT2D eigenvalue weighted by molar-refractivity contribution is -0.138. The van der Waals surface area contributed by atoms with Gasteiger partial charge in [-0.25, -0.2) is 8.42 Å². The van der Waals surface area contributed by atoms with Gasteiger partial charge >= 0.3 is 5.97 Å². The van der Waals surface area contributed by atoms with E-state index in [0.717, 1.165) is 12.8 Å². The molecule has 0 bridgehead atoms. The Labute approximate surface area is 112 Å². The molecule has 0 aliphatic heterocycles. The van der Waals surface area contributed by atoms with Crippen LogP contribution in [0.5, 0.6) is 0 Å². The fourth-order valence-corrected chi connectivity index (χ4v) is 3.70. The minimum atomic E-state index is -3.12. The standard InChI is InChI=1S/C13H17NO4S/c1-2-11(13(15)16)12-5-3-4-9(14-12)8-19(17,18)10-6-7-10/h3-5,10-11H,2,6-8H2,1H3,(H,15,16). The molecular weight excluding hydrogens is 266 g/mol. The Morgan fingerprint density at radius 2 is 2.16 bits per heavy atom. The van der Waals surface area contributed by atoms with E-state index in [4.69, 9.17) is 5.11 Å². The summed E-state index contributed by atoms with van der Waals surface area (Å²) in [5, 5.41) is 8.87. The SMILES string of the molecule is CCC(C(=O)O)c1cccc(CS(=O)(=O)C2CC2)n1. The highest BCUT2D eigenvalue weighted by Crippen LogP contribution is 2.30. The van der Waals surface area contributed by atoms with Crippen molar-refractivity contribution in [3.63, 3.8) is 0 Å². The topological polar surface area (TPSA) is 84.3 Å². The molecular formula is C13H17NO4S. The lowest BCUT2D eigenvalue weighted by Crippen LogP contribution is -2.15. The Morgan fingerprint density at radius 1 is 1.47 bits per heavy atom. The van der Waals surface area contributed by atoms with Gasteiger partial charge in [-0.3, -0.25) is 9.78 Å². The lowest BCUT2D eigenvalue weighted by Gasteiger charge is -2.10. The number of aromatic nitrogens is 1. The second-order valence-electron chi connectivity index (χ2n) is 4.86. The Kier molecular flexibility index (Phi) is 3.89. The van der Waals surface area contributed by atoms with Crippen molar-refractivity contribution in [2.45, 2.75) is 43.1 Å². The van der Waals surface area contributed by atoms with Gasteiger partial charge in [-0.15, -0.1) is 0 Å². The normalized spacial score (nSPS) is 17.1. The Hall–Kier alpha value is -1.43. The second-order valence-corrected chi connectivity index (χ2v) is 7.14. The van der Waals surface area contributed by atoms with Crippen LogP contribution in [0, 0.1) is 0 Å². The average molecular weight is 283 g/mol. The van der Waals surface area contributed by atoms with E-state index in [-0.39, 0.29) is 11.0 Å². The van der Waals surface area contributed by atoms with Crippen LogP contribution in [-0.2, 0) is 20.4 Å². The Morgan fingerprint density at radius 3 is 2.68 bits per heavy atom. The van der Waals surface area contributed by atoms with Crippen molar-refractivity contribution >= 4 is 15.8 Å². The summed E-state index contributed by atoms with van der Waals surface area (Å²) in [5.74, 6) is -1.71. The number of nitrogens with zero attached hydrogens (tertiary/aromatic N) is 1. The molecule has 1 fully saturated rings. The smallest absolute Gasteiger partial charge is 0.312 e. The van der Waals surface area contributed by atoms with Crippen LogP contribution in [0.3, 0.4) is 0 Å². The fourth-order valence-electron chi connectivity index (χ4n) is 2.03. The predicted octanol–water partition coefficient (Wildman–Crippen LogP) is 1.74. The van der Waals surface area contributed by atoms with Gasteiger partial charge in [-0.1, -0.05) is 13.0 Å². The molecule has 1 aromatic rings. The number of pyridine rings is 1. The van der Waals surface area contributed by atoms with Crippen molar-refractivity contribution < 1.29 is 18.3 Å². The quantitative estimate of drug-likeness (QED) is 0.859. The summed E-state index contributed by atoms with van der Waals surface area (Å²) in [6, 6.07) is 4.94. The summed E-state index contributed by atoms with van der Waals surface area (Å²) in [5.41, 5.74) is 0.864. The molecule has 1 saturated carbocycles. The van der Waals surface area contributed by atoms with E-state index in [1.54, 1.807) is 25.1 Å². The molecule has 104 valence electrons. The van der Waals surface area contributed by atoms with Crippen LogP contribution in [0.25, 0.3) is 0 Å². The van der Waals surface area contributed by atoms with E-state index < -0.39 is 21.7 Å². The summed E-state index contributed by atoms with van der Waals surface area (Å²) in [4.78, 5) is 15.3. The van der Waals surface area contributed by atoms with E-state index >= 15 is 0 Å². The molecule has 1 aliphatic carbocycles. The number of sulfone groups is 1. The van der Waals surface area contributed by atoms with E-state index in [0.29, 0.717) is 17.8 Å². The van der Waals surface area contributed by atoms with Crippen LogP contribution in [-0.4, -0.2) is 29.7 Å². The molecule has 5 nitrogen and oxygen atoms in total. The maximum atomic E-state index is 11.9. The summed E-state index contributed by atoms with van der Waals surface area (Å²) in [6.45, 7) is 1.77. The molecule has 0 radical (unpaired) electrons. The lowest BCUT2D eigenvalue weighted by atomic mass is 10.0. The van der Waals surface area contributed by atoms with Gasteiger partial charge in [0.1, 0.15) is 0 Å². The number of hydrogen-bond acceptors (Lipinski definition) is 4. The van der Waals surface area contributed by atoms with Gasteiger partial charge in [0.2, 0.25) is 0 Å². The number of carboxylic acid groups (broad SMARTS) is 1. The van der Waals surface area contributed by atoms with Crippen LogP contribution in [0.2, 0.25) is 0 Å². The summed E-state index contributed by atoms with van der Waals surface area (Å²) in [6.07, 6.45) is 1.89. The van der Waals surface area contributed by atoms with Gasteiger partial charge in [-0.05, 0) is 31.4 Å². The molecule has 1 N–H and O–H groups in total. The summed E-state index contributed by atoms with van der Waals surface area (Å²) in [7, 11) is -3.12. The molecule has 1 atom stereocenters. The van der Waals surface area contributed by atoms with Crippen molar-refractivity contribution in [3.8, 4) is 0 Å². The second kappa shape index (κ2) is 5.28. The molecule has 1 aromatic heterocycles. The van der Waals surface area contributed by atoms with Gasteiger partial charge in [0.25, 0.3) is 0 Å². The van der Waals surface area contributed by atoms with Crippen LogP contribution in [0.4, 0.5) is 0 Å². The van der Waals surface area contributed by atoms with Crippen LogP contribution >= 0.6 is 0 Å². The molecule has 2 rings (SSSR count). The van der Waals surface area contributed by atoms with Gasteiger partial charge in [0, 0.05) is 0 Å². The van der Waals surface area contributed by atoms with Crippen molar-refractivity contribution in [1.82, 2.24) is 4.98 Å². The molecule has 0 aromatic carbocycles. The highest BCUT2D eigenvalue weighted by Gasteiger charge is 2.35. The van der Waals surface area contributed by atoms with E-state index in [2.05, 4.69) is 4.98 Å². The first kappa shape index (κ1) is 14.0. The first-order valence-electron chi connectivity index (χ1n) is 6.34. The number of hydrogen-bond donors (Lipinski definition) is 1. The highest BCUT2D eigenvalue weighted by atomic mass is 32.2. The molecule has 0 spiro atoms. The predicted molar refractivity (Wildman–Crippen MR) is 70.6 cm³/mol. The molecule has 19 heavy (non-hydrogen) atoms. The summed E-state index contributed by atoms with van der Waals surface area (Å²) >= 11 is 0. The van der Waals surface area contributed by atoms with E-state index in [1.807, 2.05) is 0 Å². The van der Waals surface area contributed by atoms with Gasteiger partial charge in [0.05, 0.1) is 28.3 Å². The van der Waals surface area contributed by atoms with Crippen molar-refractivity contribution in [1.29, 1.82) is 0 Å². The van der Waals surface area contributed by atoms with Gasteiger partial charge < -0.3 is 5.11 Å². The van der Waals surface area contributed by atoms with Crippen molar-refractivity contribution in [2.24, 2.45) is 0 Å². The third kappa shape index (κ3) is 3.32. The average Bonchev–Trinajstić information content (AvgIpc) is 3.13. The Bertz CT molecular complexity index is 578. The Balaban J connectivity index is 2.21. The van der Waals surface area contributed by atoms with E-state index in [1.165, 1.54) is 0 Å². The van der Waals surface area contributed by atoms with Crippen LogP contribution < -0.4 is 0 Å². The number of aliphatic carboxylic acids is 1. The molecule has 6 heteroatoms. The maximum absolute atomic E-state index is 11.9.